The van der Waals surface area contributed by atoms with Gasteiger partial charge in [0.1, 0.15) is 4.99 Å². The first kappa shape index (κ1) is 15.8. The van der Waals surface area contributed by atoms with Crippen LogP contribution >= 0.6 is 39.7 Å². The minimum Gasteiger partial charge on any atom is -0.389 e. The summed E-state index contributed by atoms with van der Waals surface area (Å²) in [4.78, 5) is 12.2. The fourth-order valence-electron chi connectivity index (χ4n) is 1.67. The molecule has 0 fully saturated rings. The number of nitrogens with two attached hydrogens (primary N) is 1. The van der Waals surface area contributed by atoms with Gasteiger partial charge in [-0.2, -0.15) is 0 Å². The Morgan fingerprint density at radius 1 is 1.14 bits per heavy atom. The summed E-state index contributed by atoms with van der Waals surface area (Å²) >= 11 is 14.3. The molecule has 0 unspecified atom stereocenters. The Hall–Kier alpha value is -1.63. The van der Waals surface area contributed by atoms with Gasteiger partial charge < -0.3 is 16.4 Å². The van der Waals surface area contributed by atoms with E-state index < -0.39 is 6.03 Å². The quantitative estimate of drug-likeness (QED) is 0.688. The third kappa shape index (κ3) is 4.17. The number of benzene rings is 2. The third-order valence-electron chi connectivity index (χ3n) is 2.62. The van der Waals surface area contributed by atoms with E-state index >= 15 is 0 Å². The van der Waals surface area contributed by atoms with Crippen LogP contribution in [0.15, 0.2) is 46.9 Å². The Morgan fingerprint density at radius 3 is 2.48 bits per heavy atom. The molecule has 2 rings (SSSR count). The average Bonchev–Trinajstić information content (AvgIpc) is 2.43. The van der Waals surface area contributed by atoms with Crippen LogP contribution in [0.4, 0.5) is 16.2 Å². The second kappa shape index (κ2) is 6.89. The SMILES string of the molecule is NC(=S)c1cc(Br)ccc1NC(=O)Nc1ccccc1Cl. The molecule has 0 aliphatic heterocycles. The first-order chi connectivity index (χ1) is 9.97. The minimum absolute atomic E-state index is 0.198. The molecule has 0 atom stereocenters. The number of nitrogens with one attached hydrogen (secondary N) is 2. The van der Waals surface area contributed by atoms with Gasteiger partial charge in [-0.3, -0.25) is 0 Å². The van der Waals surface area contributed by atoms with Crippen molar-refractivity contribution in [2.75, 3.05) is 10.6 Å². The molecule has 2 amide bonds. The van der Waals surface area contributed by atoms with Crippen LogP contribution in [0.1, 0.15) is 5.56 Å². The van der Waals surface area contributed by atoms with Gasteiger partial charge in [0.15, 0.2) is 0 Å². The smallest absolute Gasteiger partial charge is 0.323 e. The first-order valence-corrected chi connectivity index (χ1v) is 7.47. The predicted octanol–water partition coefficient (Wildman–Crippen LogP) is 4.38. The van der Waals surface area contributed by atoms with Crippen LogP contribution in [0.2, 0.25) is 5.02 Å². The van der Waals surface area contributed by atoms with Crippen LogP contribution in [0, 0.1) is 0 Å². The van der Waals surface area contributed by atoms with E-state index in [9.17, 15) is 4.79 Å². The molecule has 0 spiro atoms. The number of anilines is 2. The zero-order chi connectivity index (χ0) is 15.4. The molecular weight excluding hydrogens is 374 g/mol. The first-order valence-electron chi connectivity index (χ1n) is 5.89. The summed E-state index contributed by atoms with van der Waals surface area (Å²) in [6, 6.07) is 11.8. The van der Waals surface area contributed by atoms with Crippen molar-refractivity contribution in [3.8, 4) is 0 Å². The normalized spacial score (nSPS) is 10.0. The summed E-state index contributed by atoms with van der Waals surface area (Å²) in [5.41, 5.74) is 7.27. The third-order valence-corrected chi connectivity index (χ3v) is 3.66. The molecule has 21 heavy (non-hydrogen) atoms. The van der Waals surface area contributed by atoms with E-state index in [4.69, 9.17) is 29.6 Å². The molecule has 4 nitrogen and oxygen atoms in total. The molecule has 2 aromatic carbocycles. The van der Waals surface area contributed by atoms with Gasteiger partial charge in [-0.15, -0.1) is 0 Å². The molecule has 0 heterocycles. The van der Waals surface area contributed by atoms with Crippen molar-refractivity contribution >= 4 is 62.1 Å². The second-order valence-electron chi connectivity index (χ2n) is 4.11. The molecular formula is C14H11BrClN3OS. The summed E-state index contributed by atoms with van der Waals surface area (Å²) < 4.78 is 0.822. The van der Waals surface area contributed by atoms with Gasteiger partial charge in [-0.1, -0.05) is 51.9 Å². The highest BCUT2D eigenvalue weighted by atomic mass is 79.9. The van der Waals surface area contributed by atoms with Gasteiger partial charge >= 0.3 is 6.03 Å². The average molecular weight is 385 g/mol. The van der Waals surface area contributed by atoms with E-state index in [2.05, 4.69) is 26.6 Å². The lowest BCUT2D eigenvalue weighted by molar-refractivity contribution is 0.262. The highest BCUT2D eigenvalue weighted by molar-refractivity contribution is 9.10. The number of amides is 2. The van der Waals surface area contributed by atoms with E-state index in [0.29, 0.717) is 22.0 Å². The molecule has 0 aromatic heterocycles. The number of carbonyl (C=O) groups is 1. The van der Waals surface area contributed by atoms with Crippen LogP contribution in [-0.4, -0.2) is 11.0 Å². The molecule has 108 valence electrons. The summed E-state index contributed by atoms with van der Waals surface area (Å²) in [7, 11) is 0. The van der Waals surface area contributed by atoms with E-state index in [1.54, 1.807) is 42.5 Å². The van der Waals surface area contributed by atoms with Gasteiger partial charge in [-0.05, 0) is 30.3 Å². The van der Waals surface area contributed by atoms with Gasteiger partial charge in [-0.25, -0.2) is 4.79 Å². The number of thiocarbonyl (C=S) groups is 1. The molecule has 7 heteroatoms. The Labute approximate surface area is 140 Å². The molecule has 0 saturated carbocycles. The summed E-state index contributed by atoms with van der Waals surface area (Å²) in [6.45, 7) is 0. The Bertz CT molecular complexity index is 708. The van der Waals surface area contributed by atoms with Crippen LogP contribution in [0.3, 0.4) is 0 Å². The maximum absolute atomic E-state index is 12.0. The summed E-state index contributed by atoms with van der Waals surface area (Å²) in [5, 5.41) is 5.82. The van der Waals surface area contributed by atoms with Crippen molar-refractivity contribution in [3.05, 3.63) is 57.5 Å². The Balaban J connectivity index is 2.17. The van der Waals surface area contributed by atoms with Crippen LogP contribution in [0.5, 0.6) is 0 Å². The molecule has 2 aromatic rings. The topological polar surface area (TPSA) is 67.1 Å². The highest BCUT2D eigenvalue weighted by Gasteiger charge is 2.10. The van der Waals surface area contributed by atoms with Crippen molar-refractivity contribution in [1.29, 1.82) is 0 Å². The Morgan fingerprint density at radius 2 is 1.81 bits per heavy atom. The van der Waals surface area contributed by atoms with Crippen LogP contribution in [0.25, 0.3) is 0 Å². The summed E-state index contributed by atoms with van der Waals surface area (Å²) in [6.07, 6.45) is 0. The van der Waals surface area contributed by atoms with E-state index in [1.165, 1.54) is 0 Å². The molecule has 0 radical (unpaired) electrons. The summed E-state index contributed by atoms with van der Waals surface area (Å²) in [5.74, 6) is 0. The van der Waals surface area contributed by atoms with Gasteiger partial charge in [0, 0.05) is 10.0 Å². The van der Waals surface area contributed by atoms with Crippen molar-refractivity contribution in [1.82, 2.24) is 0 Å². The number of urea groups is 1. The van der Waals surface area contributed by atoms with E-state index in [0.717, 1.165) is 4.47 Å². The van der Waals surface area contributed by atoms with Gasteiger partial charge in [0.05, 0.1) is 16.4 Å². The van der Waals surface area contributed by atoms with Crippen molar-refractivity contribution < 1.29 is 4.79 Å². The number of rotatable bonds is 3. The van der Waals surface area contributed by atoms with Crippen molar-refractivity contribution in [2.24, 2.45) is 5.73 Å². The predicted molar refractivity (Wildman–Crippen MR) is 94.1 cm³/mol. The maximum Gasteiger partial charge on any atom is 0.323 e. The number of halogens is 2. The Kier molecular flexibility index (Phi) is 5.17. The number of hydrogen-bond acceptors (Lipinski definition) is 2. The standard InChI is InChI=1S/C14H11BrClN3OS/c15-8-5-6-11(9(7-8)13(17)21)18-14(20)19-12-4-2-1-3-10(12)16/h1-7H,(H2,17,21)(H2,18,19,20). The minimum atomic E-state index is -0.428. The highest BCUT2D eigenvalue weighted by Crippen LogP contribution is 2.23. The maximum atomic E-state index is 12.0. The second-order valence-corrected chi connectivity index (χ2v) is 5.88. The largest absolute Gasteiger partial charge is 0.389 e. The van der Waals surface area contributed by atoms with Gasteiger partial charge in [0.25, 0.3) is 0 Å². The molecule has 4 N–H and O–H groups in total. The fourth-order valence-corrected chi connectivity index (χ4v) is 2.38. The van der Waals surface area contributed by atoms with Crippen molar-refractivity contribution in [2.45, 2.75) is 0 Å². The zero-order valence-corrected chi connectivity index (χ0v) is 13.8. The van der Waals surface area contributed by atoms with E-state index in [1.807, 2.05) is 0 Å². The zero-order valence-electron chi connectivity index (χ0n) is 10.7. The van der Waals surface area contributed by atoms with Crippen LogP contribution < -0.4 is 16.4 Å². The monoisotopic (exact) mass is 383 g/mol. The fraction of sp³-hybridized carbons (Fsp3) is 0. The van der Waals surface area contributed by atoms with Gasteiger partial charge in [0.2, 0.25) is 0 Å². The lowest BCUT2D eigenvalue weighted by Gasteiger charge is -2.12. The lowest BCUT2D eigenvalue weighted by Crippen LogP contribution is -2.22. The van der Waals surface area contributed by atoms with E-state index in [-0.39, 0.29) is 4.99 Å². The molecule has 0 saturated heterocycles. The molecule has 0 aliphatic carbocycles. The lowest BCUT2D eigenvalue weighted by atomic mass is 10.2. The van der Waals surface area contributed by atoms with Crippen LogP contribution in [-0.2, 0) is 0 Å². The van der Waals surface area contributed by atoms with Crippen molar-refractivity contribution in [3.63, 3.8) is 0 Å². The molecule has 0 aliphatic rings. The molecule has 0 bridgehead atoms. The number of carbonyl (C=O) groups excluding carboxylic acids is 1. The number of hydrogen-bond donors (Lipinski definition) is 3. The number of para-hydroxylation sites is 1.